The van der Waals surface area contributed by atoms with E-state index < -0.39 is 0 Å². The molecule has 0 unspecified atom stereocenters. The number of hydrogen-bond acceptors (Lipinski definition) is 6. The number of carbonyl (C=O) groups excluding carboxylic acids is 2. The predicted octanol–water partition coefficient (Wildman–Crippen LogP) is 3.73. The zero-order chi connectivity index (χ0) is 24.5. The summed E-state index contributed by atoms with van der Waals surface area (Å²) in [6.07, 6.45) is 14.2. The van der Waals surface area contributed by atoms with Crippen LogP contribution >= 0.6 is 0 Å². The quantitative estimate of drug-likeness (QED) is 0.518. The van der Waals surface area contributed by atoms with Crippen molar-refractivity contribution < 1.29 is 19.1 Å². The second-order valence-corrected chi connectivity index (χ2v) is 9.13. The number of piperidine rings is 1. The van der Waals surface area contributed by atoms with E-state index in [0.29, 0.717) is 25.5 Å². The Morgan fingerprint density at radius 1 is 1.20 bits per heavy atom. The number of ketones is 1. The Morgan fingerprint density at radius 3 is 2.83 bits per heavy atom. The zero-order valence-corrected chi connectivity index (χ0v) is 20.4. The van der Waals surface area contributed by atoms with Crippen LogP contribution < -0.4 is 5.32 Å². The van der Waals surface area contributed by atoms with Crippen LogP contribution in [0.2, 0.25) is 0 Å². The molecule has 2 aliphatic heterocycles. The van der Waals surface area contributed by atoms with Gasteiger partial charge in [-0.15, -0.1) is 0 Å². The smallest absolute Gasteiger partial charge is 0.251 e. The molecule has 4 rings (SSSR count). The van der Waals surface area contributed by atoms with Gasteiger partial charge in [-0.2, -0.15) is 0 Å². The number of allylic oxidation sites excluding steroid dienone is 4. The van der Waals surface area contributed by atoms with Crippen LogP contribution in [0.1, 0.15) is 47.5 Å². The van der Waals surface area contributed by atoms with Crippen molar-refractivity contribution in [2.45, 2.75) is 31.6 Å². The maximum absolute atomic E-state index is 12.8. The van der Waals surface area contributed by atoms with Crippen LogP contribution in [0.15, 0.2) is 72.5 Å². The molecule has 186 valence electrons. The fourth-order valence-electron chi connectivity index (χ4n) is 4.75. The molecule has 1 amide bonds. The van der Waals surface area contributed by atoms with E-state index in [0.717, 1.165) is 67.9 Å². The molecule has 0 spiro atoms. The summed E-state index contributed by atoms with van der Waals surface area (Å²) >= 11 is 0. The Balaban J connectivity index is 1.27. The van der Waals surface area contributed by atoms with Gasteiger partial charge in [0.15, 0.2) is 5.78 Å². The third-order valence-corrected chi connectivity index (χ3v) is 6.71. The molecular weight excluding hydrogens is 442 g/mol. The summed E-state index contributed by atoms with van der Waals surface area (Å²) in [7, 11) is 1.67. The highest BCUT2D eigenvalue weighted by Crippen LogP contribution is 2.30. The van der Waals surface area contributed by atoms with Crippen LogP contribution in [0.5, 0.6) is 0 Å². The molecule has 7 heteroatoms. The lowest BCUT2D eigenvalue weighted by Gasteiger charge is -2.34. The molecule has 1 fully saturated rings. The van der Waals surface area contributed by atoms with E-state index in [1.165, 1.54) is 0 Å². The van der Waals surface area contributed by atoms with Crippen molar-refractivity contribution in [3.05, 3.63) is 83.6 Å². The Morgan fingerprint density at radius 2 is 2.03 bits per heavy atom. The van der Waals surface area contributed by atoms with Gasteiger partial charge >= 0.3 is 0 Å². The van der Waals surface area contributed by atoms with Crippen LogP contribution in [-0.2, 0) is 14.3 Å². The Bertz CT molecular complexity index is 1020. The van der Waals surface area contributed by atoms with Crippen molar-refractivity contribution in [3.63, 3.8) is 0 Å². The SMILES string of the molecule is COCCCNC(=O)c1ccccc1C1CCN(CCN2C=COC(C3=CC=CC(=O)C3)=C2)CC1. The number of nitrogens with one attached hydrogen (secondary N) is 1. The number of ether oxygens (including phenoxy) is 2. The van der Waals surface area contributed by atoms with E-state index in [1.807, 2.05) is 36.7 Å². The minimum atomic E-state index is 0.00565. The summed E-state index contributed by atoms with van der Waals surface area (Å²) in [5.74, 6) is 1.24. The number of amides is 1. The molecule has 1 saturated heterocycles. The van der Waals surface area contributed by atoms with Crippen LogP contribution in [0.4, 0.5) is 0 Å². The third kappa shape index (κ3) is 6.93. The normalized spacial score (nSPS) is 18.8. The number of methoxy groups -OCH3 is 1. The number of hydrogen-bond donors (Lipinski definition) is 1. The highest BCUT2D eigenvalue weighted by atomic mass is 16.5. The van der Waals surface area contributed by atoms with Gasteiger partial charge in [-0.25, -0.2) is 0 Å². The lowest BCUT2D eigenvalue weighted by Crippen LogP contribution is -2.38. The molecule has 0 atom stereocenters. The zero-order valence-electron chi connectivity index (χ0n) is 20.4. The summed E-state index contributed by atoms with van der Waals surface area (Å²) in [4.78, 5) is 29.1. The first kappa shape index (κ1) is 24.9. The minimum Gasteiger partial charge on any atom is -0.462 e. The summed E-state index contributed by atoms with van der Waals surface area (Å²) in [5.41, 5.74) is 2.86. The van der Waals surface area contributed by atoms with Crippen molar-refractivity contribution in [1.29, 1.82) is 0 Å². The summed E-state index contributed by atoms with van der Waals surface area (Å²) in [6, 6.07) is 8.02. The maximum atomic E-state index is 12.8. The number of nitrogens with zero attached hydrogens (tertiary/aromatic N) is 2. The molecule has 0 bridgehead atoms. The molecule has 2 heterocycles. The van der Waals surface area contributed by atoms with Gasteiger partial charge in [0, 0.05) is 63.3 Å². The first-order valence-electron chi connectivity index (χ1n) is 12.4. The van der Waals surface area contributed by atoms with E-state index in [1.54, 1.807) is 25.5 Å². The van der Waals surface area contributed by atoms with Gasteiger partial charge in [0.1, 0.15) is 12.0 Å². The monoisotopic (exact) mass is 477 g/mol. The third-order valence-electron chi connectivity index (χ3n) is 6.71. The molecule has 0 saturated carbocycles. The Kier molecular flexibility index (Phi) is 8.92. The summed E-state index contributed by atoms with van der Waals surface area (Å²) in [6.45, 7) is 5.07. The fraction of sp³-hybridized carbons (Fsp3) is 0.429. The molecule has 1 aliphatic carbocycles. The predicted molar refractivity (Wildman–Crippen MR) is 136 cm³/mol. The number of likely N-dealkylation sites (tertiary alicyclic amines) is 1. The van der Waals surface area contributed by atoms with E-state index in [2.05, 4.69) is 21.2 Å². The molecular formula is C28H35N3O4. The van der Waals surface area contributed by atoms with E-state index in [4.69, 9.17) is 9.47 Å². The van der Waals surface area contributed by atoms with Crippen molar-refractivity contribution >= 4 is 11.7 Å². The minimum absolute atomic E-state index is 0.00565. The lowest BCUT2D eigenvalue weighted by atomic mass is 9.86. The first-order chi connectivity index (χ1) is 17.1. The van der Waals surface area contributed by atoms with Gasteiger partial charge in [-0.05, 0) is 56.0 Å². The van der Waals surface area contributed by atoms with E-state index >= 15 is 0 Å². The second kappa shape index (κ2) is 12.5. The molecule has 1 aromatic carbocycles. The average molecular weight is 478 g/mol. The average Bonchev–Trinajstić information content (AvgIpc) is 2.90. The Hall–Kier alpha value is -3.16. The largest absolute Gasteiger partial charge is 0.462 e. The molecule has 35 heavy (non-hydrogen) atoms. The molecule has 1 N–H and O–H groups in total. The van der Waals surface area contributed by atoms with Crippen LogP contribution in [0.3, 0.4) is 0 Å². The summed E-state index contributed by atoms with van der Waals surface area (Å²) < 4.78 is 10.7. The molecule has 0 radical (unpaired) electrons. The molecule has 3 aliphatic rings. The topological polar surface area (TPSA) is 71.1 Å². The lowest BCUT2D eigenvalue weighted by molar-refractivity contribution is -0.114. The van der Waals surface area contributed by atoms with Gasteiger partial charge < -0.3 is 24.6 Å². The number of rotatable bonds is 10. The maximum Gasteiger partial charge on any atom is 0.251 e. The summed E-state index contributed by atoms with van der Waals surface area (Å²) in [5, 5.41) is 3.02. The molecule has 1 aromatic rings. The van der Waals surface area contributed by atoms with Crippen LogP contribution in [0.25, 0.3) is 0 Å². The van der Waals surface area contributed by atoms with Gasteiger partial charge in [-0.1, -0.05) is 30.4 Å². The van der Waals surface area contributed by atoms with E-state index in [9.17, 15) is 9.59 Å². The first-order valence-corrected chi connectivity index (χ1v) is 12.4. The number of benzene rings is 1. The molecule has 0 aromatic heterocycles. The van der Waals surface area contributed by atoms with E-state index in [-0.39, 0.29) is 11.7 Å². The van der Waals surface area contributed by atoms with Crippen LogP contribution in [-0.4, -0.2) is 67.9 Å². The van der Waals surface area contributed by atoms with Gasteiger partial charge in [0.05, 0.1) is 0 Å². The van der Waals surface area contributed by atoms with Crippen molar-refractivity contribution in [2.24, 2.45) is 0 Å². The van der Waals surface area contributed by atoms with Gasteiger partial charge in [0.2, 0.25) is 0 Å². The van der Waals surface area contributed by atoms with Crippen LogP contribution in [0, 0.1) is 0 Å². The Labute approximate surface area is 207 Å². The van der Waals surface area contributed by atoms with Crippen molar-refractivity contribution in [3.8, 4) is 0 Å². The van der Waals surface area contributed by atoms with Crippen molar-refractivity contribution in [1.82, 2.24) is 15.1 Å². The van der Waals surface area contributed by atoms with Gasteiger partial charge in [0.25, 0.3) is 5.91 Å². The van der Waals surface area contributed by atoms with Crippen molar-refractivity contribution in [2.75, 3.05) is 46.4 Å². The second-order valence-electron chi connectivity index (χ2n) is 9.13. The highest BCUT2D eigenvalue weighted by molar-refractivity contribution is 5.96. The fourth-order valence-corrected chi connectivity index (χ4v) is 4.75. The highest BCUT2D eigenvalue weighted by Gasteiger charge is 2.24. The number of carbonyl (C=O) groups is 2. The molecule has 7 nitrogen and oxygen atoms in total. The standard InChI is InChI=1S/C28H35N3O4/c1-34-18-5-12-29-28(33)26-9-3-2-8-25(26)22-10-13-30(14-11-22)15-16-31-17-19-35-27(21-31)23-6-4-7-24(32)20-23/h2-4,6-9,17,19,21-22H,5,10-16,18,20H2,1H3,(H,29,33). The van der Waals surface area contributed by atoms with Gasteiger partial charge in [-0.3, -0.25) is 9.59 Å².